The molecule has 8 nitrogen and oxygen atoms in total. The van der Waals surface area contributed by atoms with E-state index in [1.807, 2.05) is 6.92 Å². The standard InChI is InChI=1S/C15H17N3O5/c1-3-12-17-13(23-18-12)4-5-16-14(20)9-6-10(15(21)22-2)8-11(19)7-9/h6-8,19H,3-5H2,1-2H3,(H,16,20). The first-order valence-corrected chi connectivity index (χ1v) is 7.05. The van der Waals surface area contributed by atoms with Crippen molar-refractivity contribution in [3.05, 3.63) is 41.0 Å². The molecular weight excluding hydrogens is 302 g/mol. The largest absolute Gasteiger partial charge is 0.508 e. The minimum atomic E-state index is -0.632. The third-order valence-electron chi connectivity index (χ3n) is 3.05. The summed E-state index contributed by atoms with van der Waals surface area (Å²) in [5, 5.41) is 16.0. The number of carbonyl (C=O) groups is 2. The number of esters is 1. The first kappa shape index (κ1) is 16.5. The fourth-order valence-electron chi connectivity index (χ4n) is 1.90. The average Bonchev–Trinajstić information content (AvgIpc) is 3.01. The van der Waals surface area contributed by atoms with Crippen molar-refractivity contribution in [2.24, 2.45) is 0 Å². The van der Waals surface area contributed by atoms with Gasteiger partial charge in [0.05, 0.1) is 12.7 Å². The third kappa shape index (κ3) is 4.29. The minimum absolute atomic E-state index is 0.0992. The maximum Gasteiger partial charge on any atom is 0.338 e. The molecule has 1 aromatic carbocycles. The Labute approximate surface area is 132 Å². The number of hydrogen-bond acceptors (Lipinski definition) is 7. The highest BCUT2D eigenvalue weighted by Gasteiger charge is 2.13. The third-order valence-corrected chi connectivity index (χ3v) is 3.05. The highest BCUT2D eigenvalue weighted by Crippen LogP contribution is 2.16. The number of nitrogens with one attached hydrogen (secondary N) is 1. The summed E-state index contributed by atoms with van der Waals surface area (Å²) in [5.74, 6) is -0.202. The van der Waals surface area contributed by atoms with Crippen molar-refractivity contribution in [2.45, 2.75) is 19.8 Å². The van der Waals surface area contributed by atoms with Gasteiger partial charge in [0, 0.05) is 24.9 Å². The molecule has 1 amide bonds. The number of amides is 1. The van der Waals surface area contributed by atoms with Gasteiger partial charge >= 0.3 is 5.97 Å². The minimum Gasteiger partial charge on any atom is -0.508 e. The summed E-state index contributed by atoms with van der Waals surface area (Å²) in [6, 6.07) is 3.85. The van der Waals surface area contributed by atoms with Crippen molar-refractivity contribution >= 4 is 11.9 Å². The van der Waals surface area contributed by atoms with E-state index < -0.39 is 11.9 Å². The lowest BCUT2D eigenvalue weighted by atomic mass is 10.1. The van der Waals surface area contributed by atoms with Crippen LogP contribution in [0, 0.1) is 0 Å². The first-order valence-electron chi connectivity index (χ1n) is 7.05. The van der Waals surface area contributed by atoms with Gasteiger partial charge in [-0.25, -0.2) is 4.79 Å². The van der Waals surface area contributed by atoms with Crippen molar-refractivity contribution in [1.29, 1.82) is 0 Å². The molecule has 0 spiro atoms. The van der Waals surface area contributed by atoms with Gasteiger partial charge in [-0.05, 0) is 18.2 Å². The fraction of sp³-hybridized carbons (Fsp3) is 0.333. The number of aryl methyl sites for hydroxylation is 1. The van der Waals surface area contributed by atoms with Gasteiger partial charge in [0.2, 0.25) is 5.89 Å². The molecule has 23 heavy (non-hydrogen) atoms. The number of benzene rings is 1. The van der Waals surface area contributed by atoms with E-state index in [1.54, 1.807) is 0 Å². The Balaban J connectivity index is 1.97. The van der Waals surface area contributed by atoms with E-state index in [2.05, 4.69) is 20.2 Å². The van der Waals surface area contributed by atoms with E-state index in [4.69, 9.17) is 4.52 Å². The molecule has 0 atom stereocenters. The van der Waals surface area contributed by atoms with Crippen LogP contribution in [-0.4, -0.2) is 40.8 Å². The van der Waals surface area contributed by atoms with Crippen LogP contribution in [0.15, 0.2) is 22.7 Å². The second kappa shape index (κ2) is 7.39. The quantitative estimate of drug-likeness (QED) is 0.766. The number of aromatic hydroxyl groups is 1. The van der Waals surface area contributed by atoms with Crippen LogP contribution < -0.4 is 5.32 Å². The van der Waals surface area contributed by atoms with Crippen LogP contribution in [-0.2, 0) is 17.6 Å². The zero-order valence-corrected chi connectivity index (χ0v) is 12.8. The molecule has 122 valence electrons. The molecule has 1 heterocycles. The number of ether oxygens (including phenoxy) is 1. The van der Waals surface area contributed by atoms with Crippen molar-refractivity contribution in [3.8, 4) is 5.75 Å². The number of methoxy groups -OCH3 is 1. The van der Waals surface area contributed by atoms with Gasteiger partial charge in [-0.2, -0.15) is 4.98 Å². The lowest BCUT2D eigenvalue weighted by Gasteiger charge is -2.06. The predicted octanol–water partition coefficient (Wildman–Crippen LogP) is 1.10. The molecule has 0 unspecified atom stereocenters. The van der Waals surface area contributed by atoms with Crippen LogP contribution in [0.5, 0.6) is 5.75 Å². The van der Waals surface area contributed by atoms with Gasteiger partial charge in [0.25, 0.3) is 5.91 Å². The van der Waals surface area contributed by atoms with Crippen molar-refractivity contribution in [2.75, 3.05) is 13.7 Å². The number of hydrogen-bond donors (Lipinski definition) is 2. The SMILES string of the molecule is CCc1noc(CCNC(=O)c2cc(O)cc(C(=O)OC)c2)n1. The lowest BCUT2D eigenvalue weighted by molar-refractivity contribution is 0.0600. The zero-order valence-electron chi connectivity index (χ0n) is 12.8. The summed E-state index contributed by atoms with van der Waals surface area (Å²) in [5.41, 5.74) is 0.257. The highest BCUT2D eigenvalue weighted by molar-refractivity contribution is 5.98. The Kier molecular flexibility index (Phi) is 5.29. The second-order valence-electron chi connectivity index (χ2n) is 4.72. The molecule has 0 bridgehead atoms. The van der Waals surface area contributed by atoms with Crippen molar-refractivity contribution in [3.63, 3.8) is 0 Å². The molecule has 0 saturated heterocycles. The summed E-state index contributed by atoms with van der Waals surface area (Å²) in [7, 11) is 1.22. The molecule has 0 radical (unpaired) electrons. The van der Waals surface area contributed by atoms with Crippen LogP contribution >= 0.6 is 0 Å². The van der Waals surface area contributed by atoms with E-state index >= 15 is 0 Å². The fourth-order valence-corrected chi connectivity index (χ4v) is 1.90. The maximum absolute atomic E-state index is 12.1. The Morgan fingerprint density at radius 3 is 2.70 bits per heavy atom. The lowest BCUT2D eigenvalue weighted by Crippen LogP contribution is -2.26. The summed E-state index contributed by atoms with van der Waals surface area (Å²) < 4.78 is 9.58. The topological polar surface area (TPSA) is 115 Å². The molecular formula is C15H17N3O5. The molecule has 8 heteroatoms. The van der Waals surface area contributed by atoms with Gasteiger partial charge in [-0.3, -0.25) is 4.79 Å². The number of aromatic nitrogens is 2. The molecule has 2 rings (SSSR count). The molecule has 1 aromatic heterocycles. The van der Waals surface area contributed by atoms with E-state index in [0.717, 1.165) is 0 Å². The summed E-state index contributed by atoms with van der Waals surface area (Å²) in [6.07, 6.45) is 1.07. The molecule has 0 aliphatic rings. The van der Waals surface area contributed by atoms with E-state index in [1.165, 1.54) is 25.3 Å². The van der Waals surface area contributed by atoms with Gasteiger partial charge < -0.3 is 19.7 Å². The first-order chi connectivity index (χ1) is 11.0. The monoisotopic (exact) mass is 319 g/mol. The van der Waals surface area contributed by atoms with Gasteiger partial charge in [0.15, 0.2) is 5.82 Å². The van der Waals surface area contributed by atoms with Gasteiger partial charge in [-0.1, -0.05) is 12.1 Å². The summed E-state index contributed by atoms with van der Waals surface area (Å²) >= 11 is 0. The maximum atomic E-state index is 12.1. The van der Waals surface area contributed by atoms with E-state index in [0.29, 0.717) is 24.6 Å². The second-order valence-corrected chi connectivity index (χ2v) is 4.72. The molecule has 0 fully saturated rings. The molecule has 0 saturated carbocycles. The number of phenolic OH excluding ortho intramolecular Hbond substituents is 1. The Morgan fingerprint density at radius 2 is 2.04 bits per heavy atom. The number of phenols is 1. The van der Waals surface area contributed by atoms with Crippen LogP contribution in [0.4, 0.5) is 0 Å². The van der Waals surface area contributed by atoms with Gasteiger partial charge in [0.1, 0.15) is 5.75 Å². The van der Waals surface area contributed by atoms with Crippen molar-refractivity contribution in [1.82, 2.24) is 15.5 Å². The van der Waals surface area contributed by atoms with E-state index in [-0.39, 0.29) is 23.4 Å². The molecule has 0 aliphatic heterocycles. The van der Waals surface area contributed by atoms with Crippen LogP contribution in [0.2, 0.25) is 0 Å². The Bertz CT molecular complexity index is 711. The summed E-state index contributed by atoms with van der Waals surface area (Å²) in [4.78, 5) is 27.7. The van der Waals surface area contributed by atoms with Crippen LogP contribution in [0.1, 0.15) is 39.4 Å². The van der Waals surface area contributed by atoms with E-state index in [9.17, 15) is 14.7 Å². The highest BCUT2D eigenvalue weighted by atomic mass is 16.5. The summed E-state index contributed by atoms with van der Waals surface area (Å²) in [6.45, 7) is 2.20. The molecule has 2 aromatic rings. The normalized spacial score (nSPS) is 10.3. The predicted molar refractivity (Wildman–Crippen MR) is 79.2 cm³/mol. The molecule has 2 N–H and O–H groups in total. The average molecular weight is 319 g/mol. The Morgan fingerprint density at radius 1 is 1.30 bits per heavy atom. The molecule has 0 aliphatic carbocycles. The van der Waals surface area contributed by atoms with Crippen LogP contribution in [0.3, 0.4) is 0 Å². The zero-order chi connectivity index (χ0) is 16.8. The van der Waals surface area contributed by atoms with Crippen molar-refractivity contribution < 1.29 is 24.0 Å². The number of carbonyl (C=O) groups excluding carboxylic acids is 2. The number of nitrogens with zero attached hydrogens (tertiary/aromatic N) is 2. The van der Waals surface area contributed by atoms with Gasteiger partial charge in [-0.15, -0.1) is 0 Å². The Hall–Kier alpha value is -2.90. The van der Waals surface area contributed by atoms with Crippen LogP contribution in [0.25, 0.3) is 0 Å². The smallest absolute Gasteiger partial charge is 0.338 e. The number of rotatable bonds is 6.